The van der Waals surface area contributed by atoms with Crippen LogP contribution in [0.4, 0.5) is 5.82 Å². The quantitative estimate of drug-likeness (QED) is 0.827. The lowest BCUT2D eigenvalue weighted by Gasteiger charge is -2.32. The lowest BCUT2D eigenvalue weighted by molar-refractivity contribution is 0.158. The van der Waals surface area contributed by atoms with Crippen molar-refractivity contribution in [2.75, 3.05) is 18.0 Å². The molecule has 0 aromatic carbocycles. The van der Waals surface area contributed by atoms with Gasteiger partial charge in [-0.1, -0.05) is 0 Å². The predicted molar refractivity (Wildman–Crippen MR) is 79.6 cm³/mol. The zero-order valence-corrected chi connectivity index (χ0v) is 12.3. The predicted octanol–water partition coefficient (Wildman–Crippen LogP) is 2.40. The average molecular weight is 270 g/mol. The molecule has 4 nitrogen and oxygen atoms in total. The van der Waals surface area contributed by atoms with Crippen molar-refractivity contribution in [3.8, 4) is 6.07 Å². The number of pyridine rings is 1. The van der Waals surface area contributed by atoms with E-state index in [1.165, 1.54) is 19.3 Å². The van der Waals surface area contributed by atoms with Crippen molar-refractivity contribution in [2.24, 2.45) is 0 Å². The fourth-order valence-corrected chi connectivity index (χ4v) is 3.80. The van der Waals surface area contributed by atoms with Crippen molar-refractivity contribution >= 4 is 5.82 Å². The molecule has 0 saturated carbocycles. The SMILES string of the molecule is CC(C)N1C2CCC1CN(c1ccc(C#N)cn1)CC2. The van der Waals surface area contributed by atoms with Crippen LogP contribution in [0, 0.1) is 11.3 Å². The summed E-state index contributed by atoms with van der Waals surface area (Å²) in [5.41, 5.74) is 0.633. The Morgan fingerprint density at radius 1 is 1.25 bits per heavy atom. The van der Waals surface area contributed by atoms with E-state index in [2.05, 4.69) is 34.7 Å². The van der Waals surface area contributed by atoms with Gasteiger partial charge in [0.05, 0.1) is 5.56 Å². The molecule has 2 unspecified atom stereocenters. The fraction of sp³-hybridized carbons (Fsp3) is 0.625. The molecule has 106 valence electrons. The zero-order chi connectivity index (χ0) is 14.1. The van der Waals surface area contributed by atoms with Gasteiger partial charge in [-0.05, 0) is 45.2 Å². The van der Waals surface area contributed by atoms with Crippen LogP contribution in [0.5, 0.6) is 0 Å². The van der Waals surface area contributed by atoms with Gasteiger partial charge in [0.2, 0.25) is 0 Å². The molecule has 2 aliphatic heterocycles. The lowest BCUT2D eigenvalue weighted by atomic mass is 10.1. The minimum absolute atomic E-state index is 0.626. The van der Waals surface area contributed by atoms with Crippen LogP contribution in [0.1, 0.15) is 38.7 Å². The molecule has 1 aromatic heterocycles. The number of aromatic nitrogens is 1. The third-order valence-electron chi connectivity index (χ3n) is 4.64. The topological polar surface area (TPSA) is 43.2 Å². The second-order valence-electron chi connectivity index (χ2n) is 6.18. The molecule has 2 bridgehead atoms. The van der Waals surface area contributed by atoms with E-state index >= 15 is 0 Å². The molecule has 0 aliphatic carbocycles. The van der Waals surface area contributed by atoms with Gasteiger partial charge in [-0.25, -0.2) is 4.98 Å². The standard InChI is InChI=1S/C16H22N4/c1-12(2)20-14-4-5-15(20)11-19(8-7-14)16-6-3-13(9-17)10-18-16/h3,6,10,12,14-15H,4-5,7-8,11H2,1-2H3. The Morgan fingerprint density at radius 2 is 2.05 bits per heavy atom. The van der Waals surface area contributed by atoms with Crippen molar-refractivity contribution in [2.45, 2.75) is 51.2 Å². The molecule has 0 amide bonds. The maximum absolute atomic E-state index is 8.86. The minimum atomic E-state index is 0.626. The van der Waals surface area contributed by atoms with Crippen LogP contribution in [-0.4, -0.2) is 41.1 Å². The van der Waals surface area contributed by atoms with Crippen LogP contribution >= 0.6 is 0 Å². The first kappa shape index (κ1) is 13.4. The Balaban J connectivity index is 1.78. The number of nitrogens with zero attached hydrogens (tertiary/aromatic N) is 4. The number of rotatable bonds is 2. The maximum Gasteiger partial charge on any atom is 0.128 e. The minimum Gasteiger partial charge on any atom is -0.355 e. The molecule has 0 N–H and O–H groups in total. The molecule has 2 aliphatic rings. The molecule has 0 radical (unpaired) electrons. The normalized spacial score (nSPS) is 26.6. The molecule has 3 heterocycles. The Morgan fingerprint density at radius 3 is 2.70 bits per heavy atom. The summed E-state index contributed by atoms with van der Waals surface area (Å²) < 4.78 is 0. The number of anilines is 1. The van der Waals surface area contributed by atoms with Crippen LogP contribution in [0.25, 0.3) is 0 Å². The summed E-state index contributed by atoms with van der Waals surface area (Å²) in [6.45, 7) is 6.75. The second kappa shape index (κ2) is 5.41. The van der Waals surface area contributed by atoms with E-state index in [9.17, 15) is 0 Å². The lowest BCUT2D eigenvalue weighted by Crippen LogP contribution is -2.43. The van der Waals surface area contributed by atoms with Crippen LogP contribution < -0.4 is 4.90 Å². The Kier molecular flexibility index (Phi) is 3.62. The third kappa shape index (κ3) is 2.38. The van der Waals surface area contributed by atoms with E-state index in [0.29, 0.717) is 17.6 Å². The summed E-state index contributed by atoms with van der Waals surface area (Å²) in [4.78, 5) is 9.54. The molecule has 2 saturated heterocycles. The molecule has 2 atom stereocenters. The first-order valence-electron chi connectivity index (χ1n) is 7.57. The van der Waals surface area contributed by atoms with E-state index in [0.717, 1.165) is 24.9 Å². The Labute approximate surface area is 121 Å². The number of hydrogen-bond donors (Lipinski definition) is 0. The second-order valence-corrected chi connectivity index (χ2v) is 6.18. The van der Waals surface area contributed by atoms with Crippen molar-refractivity contribution in [1.29, 1.82) is 5.26 Å². The smallest absolute Gasteiger partial charge is 0.128 e. The van der Waals surface area contributed by atoms with E-state index < -0.39 is 0 Å². The van der Waals surface area contributed by atoms with Gasteiger partial charge in [0.1, 0.15) is 11.9 Å². The summed E-state index contributed by atoms with van der Waals surface area (Å²) in [5.74, 6) is 1.01. The van der Waals surface area contributed by atoms with E-state index in [4.69, 9.17) is 5.26 Å². The number of fused-ring (bicyclic) bond motifs is 2. The van der Waals surface area contributed by atoms with Gasteiger partial charge >= 0.3 is 0 Å². The molecule has 0 spiro atoms. The number of hydrogen-bond acceptors (Lipinski definition) is 4. The van der Waals surface area contributed by atoms with Crippen LogP contribution in [-0.2, 0) is 0 Å². The van der Waals surface area contributed by atoms with Crippen molar-refractivity contribution in [3.05, 3.63) is 23.9 Å². The van der Waals surface area contributed by atoms with Gasteiger partial charge < -0.3 is 4.90 Å². The average Bonchev–Trinajstić information content (AvgIpc) is 2.74. The Hall–Kier alpha value is -1.60. The highest BCUT2D eigenvalue weighted by Crippen LogP contribution is 2.33. The van der Waals surface area contributed by atoms with Crippen LogP contribution in [0.15, 0.2) is 18.3 Å². The first-order chi connectivity index (χ1) is 9.69. The summed E-state index contributed by atoms with van der Waals surface area (Å²) >= 11 is 0. The zero-order valence-electron chi connectivity index (χ0n) is 12.3. The van der Waals surface area contributed by atoms with Crippen LogP contribution in [0.2, 0.25) is 0 Å². The van der Waals surface area contributed by atoms with Crippen molar-refractivity contribution in [1.82, 2.24) is 9.88 Å². The van der Waals surface area contributed by atoms with E-state index in [1.54, 1.807) is 6.20 Å². The van der Waals surface area contributed by atoms with Gasteiger partial charge in [-0.15, -0.1) is 0 Å². The monoisotopic (exact) mass is 270 g/mol. The number of nitriles is 1. The van der Waals surface area contributed by atoms with Gasteiger partial charge in [-0.3, -0.25) is 4.90 Å². The summed E-state index contributed by atoms with van der Waals surface area (Å²) in [6, 6.07) is 8.00. The van der Waals surface area contributed by atoms with E-state index in [1.807, 2.05) is 12.1 Å². The third-order valence-corrected chi connectivity index (χ3v) is 4.64. The molecule has 2 fully saturated rings. The van der Waals surface area contributed by atoms with E-state index in [-0.39, 0.29) is 0 Å². The van der Waals surface area contributed by atoms with Gasteiger partial charge in [0.15, 0.2) is 0 Å². The molecular weight excluding hydrogens is 248 g/mol. The summed E-state index contributed by atoms with van der Waals surface area (Å²) in [5, 5.41) is 8.86. The fourth-order valence-electron chi connectivity index (χ4n) is 3.80. The highest BCUT2D eigenvalue weighted by molar-refractivity contribution is 5.42. The van der Waals surface area contributed by atoms with Gasteiger partial charge in [-0.2, -0.15) is 5.26 Å². The largest absolute Gasteiger partial charge is 0.355 e. The molecule has 1 aromatic rings. The first-order valence-corrected chi connectivity index (χ1v) is 7.57. The van der Waals surface area contributed by atoms with Crippen molar-refractivity contribution < 1.29 is 0 Å². The Bertz CT molecular complexity index is 502. The van der Waals surface area contributed by atoms with Crippen molar-refractivity contribution in [3.63, 3.8) is 0 Å². The highest BCUT2D eigenvalue weighted by Gasteiger charge is 2.38. The molecule has 20 heavy (non-hydrogen) atoms. The summed E-state index contributed by atoms with van der Waals surface area (Å²) in [6.07, 6.45) is 5.54. The maximum atomic E-state index is 8.86. The highest BCUT2D eigenvalue weighted by atomic mass is 15.3. The summed E-state index contributed by atoms with van der Waals surface area (Å²) in [7, 11) is 0. The van der Waals surface area contributed by atoms with Crippen LogP contribution in [0.3, 0.4) is 0 Å². The van der Waals surface area contributed by atoms with Gasteiger partial charge in [0.25, 0.3) is 0 Å². The molecule has 3 rings (SSSR count). The molecular formula is C16H22N4. The molecule has 4 heteroatoms. The van der Waals surface area contributed by atoms with Gasteiger partial charge in [0, 0.05) is 37.4 Å².